The summed E-state index contributed by atoms with van der Waals surface area (Å²) in [5.74, 6) is 1.20. The molecule has 0 saturated heterocycles. The molecule has 2 nitrogen and oxygen atoms in total. The Morgan fingerprint density at radius 1 is 1.22 bits per heavy atom. The highest BCUT2D eigenvalue weighted by Gasteiger charge is 2.11. The number of hydrogen-bond acceptors (Lipinski definition) is 2. The van der Waals surface area contributed by atoms with Gasteiger partial charge in [0.15, 0.2) is 6.79 Å². The highest BCUT2D eigenvalue weighted by atomic mass is 35.5. The first-order chi connectivity index (χ1) is 8.63. The van der Waals surface area contributed by atoms with Gasteiger partial charge in [0.1, 0.15) is 5.75 Å². The Balaban J connectivity index is 2.59. The third-order valence-electron chi connectivity index (χ3n) is 2.90. The second-order valence-corrected chi connectivity index (χ2v) is 4.96. The maximum absolute atomic E-state index is 6.30. The molecule has 0 atom stereocenters. The Hall–Kier alpha value is -1.25. The summed E-state index contributed by atoms with van der Waals surface area (Å²) in [5.41, 5.74) is 1.20. The van der Waals surface area contributed by atoms with E-state index >= 15 is 0 Å². The summed E-state index contributed by atoms with van der Waals surface area (Å²) in [4.78, 5) is 0. The second-order valence-electron chi connectivity index (χ2n) is 4.56. The Bertz CT molecular complexity index is 549. The number of rotatable bonds is 4. The molecule has 3 heteroatoms. The summed E-state index contributed by atoms with van der Waals surface area (Å²) >= 11 is 6.30. The molecular weight excluding hydrogens is 248 g/mol. The van der Waals surface area contributed by atoms with Crippen LogP contribution < -0.4 is 4.74 Å². The van der Waals surface area contributed by atoms with E-state index in [1.54, 1.807) is 7.11 Å². The number of halogens is 1. The molecule has 0 fully saturated rings. The topological polar surface area (TPSA) is 18.5 Å². The quantitative estimate of drug-likeness (QED) is 0.752. The van der Waals surface area contributed by atoms with Crippen LogP contribution >= 0.6 is 11.6 Å². The Morgan fingerprint density at radius 3 is 2.67 bits per heavy atom. The Labute approximate surface area is 112 Å². The van der Waals surface area contributed by atoms with E-state index in [0.717, 1.165) is 21.5 Å². The first-order valence-electron chi connectivity index (χ1n) is 5.97. The molecule has 2 aromatic rings. The summed E-state index contributed by atoms with van der Waals surface area (Å²) in [6.45, 7) is 4.56. The van der Waals surface area contributed by atoms with Crippen molar-refractivity contribution < 1.29 is 9.47 Å². The molecular formula is C15H17ClO2. The normalized spacial score (nSPS) is 11.2. The minimum Gasteiger partial charge on any atom is -0.468 e. The van der Waals surface area contributed by atoms with Crippen LogP contribution in [-0.2, 0) is 4.74 Å². The molecule has 0 bridgehead atoms. The molecule has 18 heavy (non-hydrogen) atoms. The van der Waals surface area contributed by atoms with Gasteiger partial charge >= 0.3 is 0 Å². The van der Waals surface area contributed by atoms with E-state index in [1.165, 1.54) is 5.56 Å². The maximum atomic E-state index is 6.30. The summed E-state index contributed by atoms with van der Waals surface area (Å²) < 4.78 is 10.5. The molecule has 0 spiro atoms. The van der Waals surface area contributed by atoms with Crippen LogP contribution in [0.1, 0.15) is 25.3 Å². The van der Waals surface area contributed by atoms with Crippen molar-refractivity contribution in [3.63, 3.8) is 0 Å². The molecule has 0 aliphatic rings. The number of benzene rings is 2. The zero-order valence-corrected chi connectivity index (χ0v) is 11.6. The van der Waals surface area contributed by atoms with Crippen molar-refractivity contribution in [3.8, 4) is 5.75 Å². The lowest BCUT2D eigenvalue weighted by Gasteiger charge is -2.14. The van der Waals surface area contributed by atoms with Gasteiger partial charge in [-0.2, -0.15) is 0 Å². The molecule has 0 amide bonds. The van der Waals surface area contributed by atoms with Crippen LogP contribution in [0.15, 0.2) is 30.3 Å². The predicted octanol–water partition coefficient (Wildman–Crippen LogP) is 4.60. The third kappa shape index (κ3) is 2.60. The van der Waals surface area contributed by atoms with Gasteiger partial charge in [-0.3, -0.25) is 0 Å². The molecule has 96 valence electrons. The van der Waals surface area contributed by atoms with Gasteiger partial charge in [-0.25, -0.2) is 0 Å². The standard InChI is InChI=1S/C15H17ClO2/c1-10(2)13-8-12(18-9-17-3)7-11-5-4-6-14(16)15(11)13/h4-8,10H,9H2,1-3H3. The van der Waals surface area contributed by atoms with Crippen molar-refractivity contribution in [2.24, 2.45) is 0 Å². The number of hydrogen-bond donors (Lipinski definition) is 0. The van der Waals surface area contributed by atoms with E-state index in [-0.39, 0.29) is 6.79 Å². The van der Waals surface area contributed by atoms with Gasteiger partial charge in [-0.1, -0.05) is 37.6 Å². The molecule has 0 aliphatic heterocycles. The average Bonchev–Trinajstić information content (AvgIpc) is 2.35. The van der Waals surface area contributed by atoms with Crippen molar-refractivity contribution >= 4 is 22.4 Å². The lowest BCUT2D eigenvalue weighted by molar-refractivity contribution is 0.0512. The Kier molecular flexibility index (Phi) is 4.10. The van der Waals surface area contributed by atoms with Gasteiger partial charge in [-0.15, -0.1) is 0 Å². The summed E-state index contributed by atoms with van der Waals surface area (Å²) in [5, 5.41) is 2.99. The van der Waals surface area contributed by atoms with Gasteiger partial charge in [0.2, 0.25) is 0 Å². The molecule has 0 N–H and O–H groups in total. The molecule has 0 unspecified atom stereocenters. The van der Waals surface area contributed by atoms with Gasteiger partial charge in [0.05, 0.1) is 0 Å². The fourth-order valence-corrected chi connectivity index (χ4v) is 2.34. The number of ether oxygens (including phenoxy) is 2. The number of fused-ring (bicyclic) bond motifs is 1. The number of methoxy groups -OCH3 is 1. The second kappa shape index (κ2) is 5.59. The minimum absolute atomic E-state index is 0.254. The fraction of sp³-hybridized carbons (Fsp3) is 0.333. The van der Waals surface area contributed by atoms with Crippen LogP contribution in [0.3, 0.4) is 0 Å². The van der Waals surface area contributed by atoms with Crippen molar-refractivity contribution in [1.82, 2.24) is 0 Å². The summed E-state index contributed by atoms with van der Waals surface area (Å²) in [7, 11) is 1.61. The highest BCUT2D eigenvalue weighted by Crippen LogP contribution is 2.34. The van der Waals surface area contributed by atoms with Gasteiger partial charge < -0.3 is 9.47 Å². The van der Waals surface area contributed by atoms with E-state index < -0.39 is 0 Å². The maximum Gasteiger partial charge on any atom is 0.188 e. The van der Waals surface area contributed by atoms with E-state index in [4.69, 9.17) is 21.1 Å². The zero-order valence-electron chi connectivity index (χ0n) is 10.9. The van der Waals surface area contributed by atoms with E-state index in [1.807, 2.05) is 30.3 Å². The molecule has 2 aromatic carbocycles. The van der Waals surface area contributed by atoms with Gasteiger partial charge in [0, 0.05) is 17.5 Å². The van der Waals surface area contributed by atoms with Crippen molar-refractivity contribution in [2.75, 3.05) is 13.9 Å². The van der Waals surface area contributed by atoms with Crippen LogP contribution in [0, 0.1) is 0 Å². The van der Waals surface area contributed by atoms with Crippen LogP contribution in [-0.4, -0.2) is 13.9 Å². The van der Waals surface area contributed by atoms with Crippen molar-refractivity contribution in [3.05, 3.63) is 40.9 Å². The molecule has 2 rings (SSSR count). The predicted molar refractivity (Wildman–Crippen MR) is 75.6 cm³/mol. The van der Waals surface area contributed by atoms with Crippen LogP contribution in [0.25, 0.3) is 10.8 Å². The molecule has 0 radical (unpaired) electrons. The monoisotopic (exact) mass is 264 g/mol. The van der Waals surface area contributed by atoms with Crippen LogP contribution in [0.5, 0.6) is 5.75 Å². The van der Waals surface area contributed by atoms with Crippen molar-refractivity contribution in [2.45, 2.75) is 19.8 Å². The minimum atomic E-state index is 0.254. The summed E-state index contributed by atoms with van der Waals surface area (Å²) in [6.07, 6.45) is 0. The molecule has 0 aliphatic carbocycles. The smallest absolute Gasteiger partial charge is 0.188 e. The summed E-state index contributed by atoms with van der Waals surface area (Å²) in [6, 6.07) is 9.96. The lowest BCUT2D eigenvalue weighted by Crippen LogP contribution is -2.00. The average molecular weight is 265 g/mol. The van der Waals surface area contributed by atoms with Crippen molar-refractivity contribution in [1.29, 1.82) is 0 Å². The third-order valence-corrected chi connectivity index (χ3v) is 3.21. The largest absolute Gasteiger partial charge is 0.468 e. The fourth-order valence-electron chi connectivity index (χ4n) is 2.05. The molecule has 0 heterocycles. The lowest BCUT2D eigenvalue weighted by atomic mass is 9.95. The zero-order chi connectivity index (χ0) is 13.1. The van der Waals surface area contributed by atoms with Crippen LogP contribution in [0.4, 0.5) is 0 Å². The van der Waals surface area contributed by atoms with E-state index in [0.29, 0.717) is 5.92 Å². The first kappa shape index (κ1) is 13.2. The molecule has 0 saturated carbocycles. The van der Waals surface area contributed by atoms with E-state index in [9.17, 15) is 0 Å². The first-order valence-corrected chi connectivity index (χ1v) is 6.35. The molecule has 0 aromatic heterocycles. The highest BCUT2D eigenvalue weighted by molar-refractivity contribution is 6.35. The SMILES string of the molecule is COCOc1cc(C(C)C)c2c(Cl)cccc2c1. The van der Waals surface area contributed by atoms with Crippen LogP contribution in [0.2, 0.25) is 5.02 Å². The van der Waals surface area contributed by atoms with Gasteiger partial charge in [-0.05, 0) is 35.1 Å². The Morgan fingerprint density at radius 2 is 2.00 bits per heavy atom. The van der Waals surface area contributed by atoms with E-state index in [2.05, 4.69) is 13.8 Å². The van der Waals surface area contributed by atoms with Gasteiger partial charge in [0.25, 0.3) is 0 Å².